The van der Waals surface area contributed by atoms with Gasteiger partial charge in [-0.15, -0.1) is 0 Å². The summed E-state index contributed by atoms with van der Waals surface area (Å²) in [7, 11) is 1.61. The summed E-state index contributed by atoms with van der Waals surface area (Å²) in [6, 6.07) is 3.51. The molecular weight excluding hydrogens is 216 g/mol. The molecule has 4 heteroatoms. The Hall–Kier alpha value is -1.26. The van der Waals surface area contributed by atoms with E-state index in [4.69, 9.17) is 10.5 Å². The molecule has 0 aliphatic heterocycles. The molecule has 1 aromatic rings. The van der Waals surface area contributed by atoms with Crippen LogP contribution in [0.2, 0.25) is 0 Å². The molecule has 92 valence electrons. The van der Waals surface area contributed by atoms with Gasteiger partial charge in [-0.25, -0.2) is 0 Å². The number of Topliss-reactive ketones (excluding diaryl/α,β-unsaturated/α-hetero) is 1. The van der Waals surface area contributed by atoms with Crippen LogP contribution >= 0.6 is 0 Å². The number of methoxy groups -OCH3 is 1. The summed E-state index contributed by atoms with van der Waals surface area (Å²) >= 11 is 0. The van der Waals surface area contributed by atoms with E-state index in [2.05, 4.69) is 4.98 Å². The molecule has 1 aliphatic carbocycles. The van der Waals surface area contributed by atoms with Crippen molar-refractivity contribution in [3.63, 3.8) is 0 Å². The Balaban J connectivity index is 2.07. The van der Waals surface area contributed by atoms with Gasteiger partial charge in [-0.3, -0.25) is 9.78 Å². The normalized spacial score (nSPS) is 20.0. The van der Waals surface area contributed by atoms with Crippen LogP contribution in [0.25, 0.3) is 0 Å². The van der Waals surface area contributed by atoms with Gasteiger partial charge in [-0.1, -0.05) is 6.07 Å². The first-order valence-electron chi connectivity index (χ1n) is 5.96. The number of rotatable bonds is 5. The molecule has 0 bridgehead atoms. The predicted molar refractivity (Wildman–Crippen MR) is 64.8 cm³/mol. The zero-order chi connectivity index (χ0) is 12.3. The van der Waals surface area contributed by atoms with E-state index in [9.17, 15) is 4.79 Å². The fourth-order valence-corrected chi connectivity index (χ4v) is 2.34. The van der Waals surface area contributed by atoms with Crippen LogP contribution in [0.5, 0.6) is 0 Å². The van der Waals surface area contributed by atoms with Gasteiger partial charge >= 0.3 is 0 Å². The highest BCUT2D eigenvalue weighted by atomic mass is 16.5. The summed E-state index contributed by atoms with van der Waals surface area (Å²) in [6.07, 6.45) is 4.08. The summed E-state index contributed by atoms with van der Waals surface area (Å²) in [5, 5.41) is 0. The average Bonchev–Trinajstić information content (AvgIpc) is 2.78. The maximum atomic E-state index is 12.2. The van der Waals surface area contributed by atoms with E-state index in [0.29, 0.717) is 13.0 Å². The minimum absolute atomic E-state index is 0.0968. The highest BCUT2D eigenvalue weighted by molar-refractivity contribution is 5.90. The summed E-state index contributed by atoms with van der Waals surface area (Å²) < 4.78 is 4.95. The Morgan fingerprint density at radius 3 is 3.29 bits per heavy atom. The number of nitrogens with zero attached hydrogens (tertiary/aromatic N) is 1. The van der Waals surface area contributed by atoms with Gasteiger partial charge in [0.1, 0.15) is 0 Å². The van der Waals surface area contributed by atoms with Crippen molar-refractivity contribution in [2.24, 2.45) is 5.73 Å². The van der Waals surface area contributed by atoms with Crippen molar-refractivity contribution in [2.75, 3.05) is 13.7 Å². The van der Waals surface area contributed by atoms with Crippen molar-refractivity contribution in [2.45, 2.75) is 31.2 Å². The number of ether oxygens (including phenoxy) is 1. The van der Waals surface area contributed by atoms with Crippen LogP contribution in [-0.2, 0) is 16.0 Å². The van der Waals surface area contributed by atoms with Crippen LogP contribution in [0, 0.1) is 0 Å². The fourth-order valence-electron chi connectivity index (χ4n) is 2.34. The Morgan fingerprint density at radius 1 is 1.71 bits per heavy atom. The summed E-state index contributed by atoms with van der Waals surface area (Å²) in [5.74, 6) is -0.0162. The second-order valence-corrected chi connectivity index (χ2v) is 4.43. The van der Waals surface area contributed by atoms with Crippen molar-refractivity contribution in [3.8, 4) is 0 Å². The van der Waals surface area contributed by atoms with Gasteiger partial charge in [0.05, 0.1) is 17.7 Å². The van der Waals surface area contributed by atoms with Gasteiger partial charge in [0, 0.05) is 19.9 Å². The van der Waals surface area contributed by atoms with E-state index >= 15 is 0 Å². The molecule has 0 spiro atoms. The van der Waals surface area contributed by atoms with Gasteiger partial charge < -0.3 is 10.5 Å². The Kier molecular flexibility index (Phi) is 3.86. The highest BCUT2D eigenvalue weighted by Crippen LogP contribution is 2.32. The molecule has 0 saturated heterocycles. The van der Waals surface area contributed by atoms with Crippen LogP contribution in [-0.4, -0.2) is 30.5 Å². The average molecular weight is 234 g/mol. The van der Waals surface area contributed by atoms with Crippen LogP contribution in [0.4, 0.5) is 0 Å². The van der Waals surface area contributed by atoms with Crippen molar-refractivity contribution in [3.05, 3.63) is 29.6 Å². The molecule has 2 atom stereocenters. The van der Waals surface area contributed by atoms with Crippen molar-refractivity contribution in [1.82, 2.24) is 4.98 Å². The smallest absolute Gasteiger partial charge is 0.158 e. The molecule has 0 amide bonds. The number of aryl methyl sites for hydroxylation is 1. The zero-order valence-electron chi connectivity index (χ0n) is 10.1. The maximum Gasteiger partial charge on any atom is 0.158 e. The molecule has 0 saturated carbocycles. The number of hydrogen-bond acceptors (Lipinski definition) is 4. The molecule has 17 heavy (non-hydrogen) atoms. The molecule has 1 aromatic heterocycles. The first-order valence-corrected chi connectivity index (χ1v) is 5.96. The predicted octanol–water partition coefficient (Wildman–Crippen LogP) is 1.04. The molecule has 4 nitrogen and oxygen atoms in total. The third-order valence-corrected chi connectivity index (χ3v) is 3.30. The van der Waals surface area contributed by atoms with E-state index in [-0.39, 0.29) is 11.7 Å². The molecule has 2 N–H and O–H groups in total. The van der Waals surface area contributed by atoms with E-state index in [1.54, 1.807) is 13.3 Å². The summed E-state index contributed by atoms with van der Waals surface area (Å²) in [4.78, 5) is 16.5. The lowest BCUT2D eigenvalue weighted by molar-refractivity contribution is -0.122. The largest absolute Gasteiger partial charge is 0.385 e. The van der Waals surface area contributed by atoms with Gasteiger partial charge in [0.15, 0.2) is 5.78 Å². The van der Waals surface area contributed by atoms with Crippen LogP contribution < -0.4 is 5.73 Å². The Morgan fingerprint density at radius 2 is 2.53 bits per heavy atom. The fraction of sp³-hybridized carbons (Fsp3) is 0.538. The van der Waals surface area contributed by atoms with Gasteiger partial charge in [0.2, 0.25) is 0 Å². The third kappa shape index (κ3) is 2.53. The summed E-state index contributed by atoms with van der Waals surface area (Å²) in [6.45, 7) is 0.523. The number of fused-ring (bicyclic) bond motifs is 1. The van der Waals surface area contributed by atoms with Crippen molar-refractivity contribution < 1.29 is 9.53 Å². The number of carbonyl (C=O) groups excluding carboxylic acids is 1. The van der Waals surface area contributed by atoms with E-state index < -0.39 is 6.04 Å². The van der Waals surface area contributed by atoms with E-state index in [1.165, 1.54) is 5.56 Å². The van der Waals surface area contributed by atoms with Crippen LogP contribution in [0.3, 0.4) is 0 Å². The van der Waals surface area contributed by atoms with Gasteiger partial charge in [0.25, 0.3) is 0 Å². The van der Waals surface area contributed by atoms with Crippen molar-refractivity contribution in [1.29, 1.82) is 0 Å². The number of nitrogens with two attached hydrogens (primary N) is 1. The lowest BCUT2D eigenvalue weighted by Crippen LogP contribution is -2.35. The lowest BCUT2D eigenvalue weighted by Gasteiger charge is -2.15. The number of hydrogen-bond donors (Lipinski definition) is 1. The number of ketones is 1. The number of aromatic nitrogens is 1. The zero-order valence-corrected chi connectivity index (χ0v) is 10.1. The van der Waals surface area contributed by atoms with Crippen LogP contribution in [0.1, 0.15) is 30.0 Å². The van der Waals surface area contributed by atoms with E-state index in [1.807, 2.05) is 12.1 Å². The maximum absolute atomic E-state index is 12.2. The standard InChI is InChI=1S/C13H18N2O2/c1-17-8-6-11(14)13(16)10-5-4-9-3-2-7-15-12(9)10/h2-3,7,10-11H,4-6,8,14H2,1H3. The minimum Gasteiger partial charge on any atom is -0.385 e. The molecule has 2 unspecified atom stereocenters. The first kappa shape index (κ1) is 12.2. The van der Waals surface area contributed by atoms with Gasteiger partial charge in [-0.2, -0.15) is 0 Å². The summed E-state index contributed by atoms with van der Waals surface area (Å²) in [5.41, 5.74) is 7.99. The Bertz CT molecular complexity index is 406. The molecule has 2 rings (SSSR count). The number of carbonyl (C=O) groups is 1. The second kappa shape index (κ2) is 5.38. The lowest BCUT2D eigenvalue weighted by atomic mass is 9.94. The second-order valence-electron chi connectivity index (χ2n) is 4.43. The third-order valence-electron chi connectivity index (χ3n) is 3.30. The molecule has 0 radical (unpaired) electrons. The van der Waals surface area contributed by atoms with Crippen molar-refractivity contribution >= 4 is 5.78 Å². The molecule has 1 aliphatic rings. The topological polar surface area (TPSA) is 65.2 Å². The molecule has 0 fully saturated rings. The van der Waals surface area contributed by atoms with E-state index in [0.717, 1.165) is 18.5 Å². The van der Waals surface area contributed by atoms with Crippen LogP contribution in [0.15, 0.2) is 18.3 Å². The van der Waals surface area contributed by atoms with Gasteiger partial charge in [-0.05, 0) is 30.9 Å². The quantitative estimate of drug-likeness (QED) is 0.827. The minimum atomic E-state index is -0.437. The molecule has 1 heterocycles. The first-order chi connectivity index (χ1) is 8.24. The highest BCUT2D eigenvalue weighted by Gasteiger charge is 2.32. The molecular formula is C13H18N2O2. The SMILES string of the molecule is COCCC(N)C(=O)C1CCc2cccnc21. The molecule has 0 aromatic carbocycles. The Labute approximate surface area is 101 Å². The number of pyridine rings is 1. The monoisotopic (exact) mass is 234 g/mol.